The van der Waals surface area contributed by atoms with Gasteiger partial charge in [0.25, 0.3) is 0 Å². The number of nitrogens with zero attached hydrogens (tertiary/aromatic N) is 1. The van der Waals surface area contributed by atoms with Crippen LogP contribution in [-0.2, 0) is 0 Å². The second-order valence-electron chi connectivity index (χ2n) is 4.82. The number of nitriles is 1. The van der Waals surface area contributed by atoms with Gasteiger partial charge in [0.05, 0.1) is 12.0 Å². The summed E-state index contributed by atoms with van der Waals surface area (Å²) in [5, 5.41) is 9.47. The molecule has 0 bridgehead atoms. The minimum Gasteiger partial charge on any atom is -0.198 e. The lowest BCUT2D eigenvalue weighted by Gasteiger charge is -2.14. The van der Waals surface area contributed by atoms with Gasteiger partial charge in [-0.2, -0.15) is 5.26 Å². The first-order valence-electron chi connectivity index (χ1n) is 6.96. The van der Waals surface area contributed by atoms with Gasteiger partial charge < -0.3 is 0 Å². The van der Waals surface area contributed by atoms with Gasteiger partial charge in [0.1, 0.15) is 0 Å². The number of hydrogen-bond donors (Lipinski definition) is 0. The molecule has 0 saturated carbocycles. The molecule has 0 aromatic heterocycles. The average molecular weight is 320 g/mol. The van der Waals surface area contributed by atoms with Crippen LogP contribution in [0.25, 0.3) is 11.1 Å². The van der Waals surface area contributed by atoms with Crippen LogP contribution in [0, 0.1) is 11.3 Å². The van der Waals surface area contributed by atoms with Crippen molar-refractivity contribution in [3.05, 3.63) is 60.2 Å². The molecule has 3 heteroatoms. The van der Waals surface area contributed by atoms with Crippen molar-refractivity contribution >= 4 is 24.0 Å². The third-order valence-corrected chi connectivity index (χ3v) is 3.72. The van der Waals surface area contributed by atoms with E-state index < -0.39 is 0 Å². The van der Waals surface area contributed by atoms with Crippen molar-refractivity contribution in [3.8, 4) is 17.2 Å². The van der Waals surface area contributed by atoms with E-state index in [1.54, 1.807) is 0 Å². The maximum absolute atomic E-state index is 9.47. The van der Waals surface area contributed by atoms with Gasteiger partial charge in [-0.25, -0.2) is 0 Å². The molecule has 0 radical (unpaired) electrons. The van der Waals surface area contributed by atoms with Gasteiger partial charge in [0, 0.05) is 5.88 Å². The number of benzene rings is 2. The molecule has 1 nitrogen and oxygen atoms in total. The first kappa shape index (κ1) is 17.6. The molecule has 0 saturated heterocycles. The van der Waals surface area contributed by atoms with Crippen molar-refractivity contribution in [2.45, 2.75) is 25.2 Å². The van der Waals surface area contributed by atoms with E-state index in [0.29, 0.717) is 5.88 Å². The van der Waals surface area contributed by atoms with Gasteiger partial charge in [-0.15, -0.1) is 24.0 Å². The van der Waals surface area contributed by atoms with Crippen molar-refractivity contribution in [2.24, 2.45) is 0 Å². The second kappa shape index (κ2) is 9.45. The van der Waals surface area contributed by atoms with Crippen LogP contribution >= 0.6 is 24.0 Å². The van der Waals surface area contributed by atoms with Crippen LogP contribution in [0.4, 0.5) is 0 Å². The third-order valence-electron chi connectivity index (χ3n) is 3.45. The summed E-state index contributed by atoms with van der Waals surface area (Å²) in [6, 6.07) is 20.9. The van der Waals surface area contributed by atoms with Crippen molar-refractivity contribution in [1.82, 2.24) is 0 Å². The summed E-state index contributed by atoms with van der Waals surface area (Å²) in [6.45, 7) is 0. The minimum atomic E-state index is -0.0605. The van der Waals surface area contributed by atoms with Crippen LogP contribution in [0.5, 0.6) is 0 Å². The summed E-state index contributed by atoms with van der Waals surface area (Å²) in [6.07, 6.45) is 2.82. The van der Waals surface area contributed by atoms with E-state index in [4.69, 9.17) is 11.6 Å². The van der Waals surface area contributed by atoms with Crippen LogP contribution in [0.2, 0.25) is 0 Å². The molecule has 0 amide bonds. The number of rotatable bonds is 6. The Morgan fingerprint density at radius 1 is 0.952 bits per heavy atom. The predicted octanol–water partition coefficient (Wildman–Crippen LogP) is 5.79. The zero-order chi connectivity index (χ0) is 14.2. The molecule has 0 aliphatic heterocycles. The molecular formula is C18H19Cl2N. The smallest absolute Gasteiger partial charge is 0.0718 e. The zero-order valence-corrected chi connectivity index (χ0v) is 13.4. The molecule has 0 N–H and O–H groups in total. The molecule has 110 valence electrons. The van der Waals surface area contributed by atoms with Gasteiger partial charge >= 0.3 is 0 Å². The Morgan fingerprint density at radius 3 is 2.29 bits per heavy atom. The van der Waals surface area contributed by atoms with Gasteiger partial charge in [0.2, 0.25) is 0 Å². The molecule has 1 atom stereocenters. The monoisotopic (exact) mass is 319 g/mol. The van der Waals surface area contributed by atoms with Crippen molar-refractivity contribution < 1.29 is 0 Å². The highest BCUT2D eigenvalue weighted by molar-refractivity contribution is 6.17. The molecule has 0 heterocycles. The largest absolute Gasteiger partial charge is 0.198 e. The SMILES string of the molecule is Cl.N#CC(CCCCCl)c1ccccc1-c1ccccc1. The van der Waals surface area contributed by atoms with Crippen molar-refractivity contribution in [1.29, 1.82) is 5.26 Å². The summed E-state index contributed by atoms with van der Waals surface area (Å²) in [5.74, 6) is 0.605. The highest BCUT2D eigenvalue weighted by atomic mass is 35.5. The van der Waals surface area contributed by atoms with Crippen LogP contribution in [0.15, 0.2) is 54.6 Å². The summed E-state index contributed by atoms with van der Waals surface area (Å²) >= 11 is 5.72. The summed E-state index contributed by atoms with van der Waals surface area (Å²) in [5.41, 5.74) is 3.45. The molecule has 0 spiro atoms. The molecule has 0 aliphatic rings. The van der Waals surface area contributed by atoms with E-state index >= 15 is 0 Å². The first-order valence-corrected chi connectivity index (χ1v) is 7.50. The summed E-state index contributed by atoms with van der Waals surface area (Å²) in [4.78, 5) is 0. The van der Waals surface area contributed by atoms with Gasteiger partial charge in [-0.3, -0.25) is 0 Å². The fraction of sp³-hybridized carbons (Fsp3) is 0.278. The Balaban J connectivity index is 0.00000220. The number of alkyl halides is 1. The number of hydrogen-bond acceptors (Lipinski definition) is 1. The molecule has 0 fully saturated rings. The topological polar surface area (TPSA) is 23.8 Å². The van der Waals surface area contributed by atoms with E-state index in [2.05, 4.69) is 30.3 Å². The van der Waals surface area contributed by atoms with Crippen LogP contribution in [0.3, 0.4) is 0 Å². The Morgan fingerprint density at radius 2 is 1.62 bits per heavy atom. The summed E-state index contributed by atoms with van der Waals surface area (Å²) < 4.78 is 0. The van der Waals surface area contributed by atoms with Gasteiger partial charge in [-0.05, 0) is 29.5 Å². The van der Waals surface area contributed by atoms with Crippen LogP contribution in [0.1, 0.15) is 30.7 Å². The Kier molecular flexibility index (Phi) is 7.90. The van der Waals surface area contributed by atoms with Gasteiger partial charge in [0.15, 0.2) is 0 Å². The van der Waals surface area contributed by atoms with E-state index in [1.807, 2.05) is 30.3 Å². The first-order chi connectivity index (χ1) is 9.86. The Hall–Kier alpha value is -1.49. The molecule has 1 unspecified atom stereocenters. The fourth-order valence-corrected chi connectivity index (χ4v) is 2.60. The standard InChI is InChI=1S/C18H18ClN.ClH/c19-13-7-6-10-16(14-20)18-12-5-4-11-17(18)15-8-2-1-3-9-15;/h1-5,8-9,11-12,16H,6-7,10,13H2;1H. The second-order valence-corrected chi connectivity index (χ2v) is 5.20. The highest BCUT2D eigenvalue weighted by Gasteiger charge is 2.14. The maximum atomic E-state index is 9.47. The maximum Gasteiger partial charge on any atom is 0.0718 e. The minimum absolute atomic E-state index is 0. The van der Waals surface area contributed by atoms with E-state index in [0.717, 1.165) is 30.4 Å². The number of halogens is 2. The van der Waals surface area contributed by atoms with Crippen LogP contribution < -0.4 is 0 Å². The lowest BCUT2D eigenvalue weighted by Crippen LogP contribution is -1.99. The molecule has 2 rings (SSSR count). The molecular weight excluding hydrogens is 301 g/mol. The normalized spacial score (nSPS) is 11.2. The number of unbranched alkanes of at least 4 members (excludes halogenated alkanes) is 1. The highest BCUT2D eigenvalue weighted by Crippen LogP contribution is 2.31. The van der Waals surface area contributed by atoms with Crippen LogP contribution in [-0.4, -0.2) is 5.88 Å². The quantitative estimate of drug-likeness (QED) is 0.488. The molecule has 0 aliphatic carbocycles. The Bertz CT molecular complexity index is 575. The third kappa shape index (κ3) is 4.77. The molecule has 2 aromatic rings. The van der Waals surface area contributed by atoms with E-state index in [1.165, 1.54) is 5.56 Å². The predicted molar refractivity (Wildman–Crippen MR) is 92.1 cm³/mol. The summed E-state index contributed by atoms with van der Waals surface area (Å²) in [7, 11) is 0. The lowest BCUT2D eigenvalue weighted by atomic mass is 9.88. The van der Waals surface area contributed by atoms with Crippen molar-refractivity contribution in [2.75, 3.05) is 5.88 Å². The van der Waals surface area contributed by atoms with Gasteiger partial charge in [-0.1, -0.05) is 61.0 Å². The van der Waals surface area contributed by atoms with E-state index in [-0.39, 0.29) is 18.3 Å². The Labute approximate surface area is 138 Å². The molecule has 2 aromatic carbocycles. The fourth-order valence-electron chi connectivity index (χ4n) is 2.41. The van der Waals surface area contributed by atoms with Crippen molar-refractivity contribution in [3.63, 3.8) is 0 Å². The zero-order valence-electron chi connectivity index (χ0n) is 11.8. The average Bonchev–Trinajstić information content (AvgIpc) is 2.53. The lowest BCUT2D eigenvalue weighted by molar-refractivity contribution is 0.674. The van der Waals surface area contributed by atoms with E-state index in [9.17, 15) is 5.26 Å². The molecule has 21 heavy (non-hydrogen) atoms.